The molecule has 0 fully saturated rings. The van der Waals surface area contributed by atoms with Gasteiger partial charge in [0.1, 0.15) is 19.3 Å². The maximum Gasteiger partial charge on any atom is 0.472 e. The fourth-order valence-electron chi connectivity index (χ4n) is 11.2. The van der Waals surface area contributed by atoms with Crippen molar-refractivity contribution < 1.29 is 80.2 Å². The van der Waals surface area contributed by atoms with Crippen LogP contribution >= 0.6 is 15.6 Å². The predicted molar refractivity (Wildman–Crippen MR) is 400 cm³/mol. The molecule has 0 aliphatic rings. The number of rotatable bonds is 76. The average Bonchev–Trinajstić information content (AvgIpc) is 1.05. The number of aliphatic hydroxyl groups excluding tert-OH is 1. The van der Waals surface area contributed by atoms with Crippen molar-refractivity contribution >= 4 is 39.5 Å². The third kappa shape index (κ3) is 71.4. The fourth-order valence-corrected chi connectivity index (χ4v) is 12.8. The Morgan fingerprint density at radius 2 is 0.510 bits per heavy atom. The molecule has 0 aromatic carbocycles. The second-order valence-electron chi connectivity index (χ2n) is 27.0. The van der Waals surface area contributed by atoms with E-state index < -0.39 is 97.5 Å². The number of carbonyl (C=O) groups excluding carboxylic acids is 4. The van der Waals surface area contributed by atoms with Gasteiger partial charge < -0.3 is 33.8 Å². The lowest BCUT2D eigenvalue weighted by molar-refractivity contribution is -0.161. The van der Waals surface area contributed by atoms with Crippen LogP contribution in [0.5, 0.6) is 0 Å². The van der Waals surface area contributed by atoms with Crippen LogP contribution in [-0.4, -0.2) is 96.7 Å². The van der Waals surface area contributed by atoms with Gasteiger partial charge in [-0.2, -0.15) is 0 Å². The summed E-state index contributed by atoms with van der Waals surface area (Å²) in [6.45, 7) is 4.87. The van der Waals surface area contributed by atoms with E-state index in [1.54, 1.807) is 0 Å². The van der Waals surface area contributed by atoms with Gasteiger partial charge in [-0.1, -0.05) is 333 Å². The first-order valence-electron chi connectivity index (χ1n) is 39.9. The Morgan fingerprint density at radius 3 is 0.806 bits per heavy atom. The summed E-state index contributed by atoms with van der Waals surface area (Å²) in [7, 11) is -9.94. The minimum absolute atomic E-state index is 0.0913. The first kappa shape index (κ1) is 95.0. The molecule has 0 aromatic heterocycles. The number of esters is 4. The topological polar surface area (TPSA) is 237 Å². The van der Waals surface area contributed by atoms with Gasteiger partial charge in [0, 0.05) is 25.7 Å². The number of phosphoric ester groups is 2. The van der Waals surface area contributed by atoms with E-state index in [4.69, 9.17) is 37.0 Å². The van der Waals surface area contributed by atoms with Crippen LogP contribution < -0.4 is 0 Å². The first-order valence-corrected chi connectivity index (χ1v) is 42.9. The van der Waals surface area contributed by atoms with Gasteiger partial charge in [0.15, 0.2) is 12.2 Å². The lowest BCUT2D eigenvalue weighted by atomic mass is 10.0. The molecular weight excluding hydrogens is 1280 g/mol. The number of ether oxygens (including phenoxy) is 4. The molecule has 3 N–H and O–H groups in total. The van der Waals surface area contributed by atoms with Crippen LogP contribution in [0.3, 0.4) is 0 Å². The van der Waals surface area contributed by atoms with Crippen LogP contribution in [0.1, 0.15) is 374 Å². The molecule has 0 saturated carbocycles. The van der Waals surface area contributed by atoms with Gasteiger partial charge in [0.2, 0.25) is 0 Å². The van der Waals surface area contributed by atoms with Crippen LogP contribution in [-0.2, 0) is 65.4 Å². The van der Waals surface area contributed by atoms with Gasteiger partial charge in [-0.05, 0) is 64.2 Å². The van der Waals surface area contributed by atoms with Crippen molar-refractivity contribution in [1.29, 1.82) is 0 Å². The summed E-state index contributed by atoms with van der Waals surface area (Å²) in [5.41, 5.74) is 0. The number of hydrogen-bond donors (Lipinski definition) is 3. The number of phosphoric acid groups is 2. The highest BCUT2D eigenvalue weighted by Crippen LogP contribution is 2.45. The molecule has 0 spiro atoms. The Labute approximate surface area is 597 Å². The van der Waals surface area contributed by atoms with Crippen molar-refractivity contribution in [2.24, 2.45) is 0 Å². The zero-order valence-corrected chi connectivity index (χ0v) is 64.5. The van der Waals surface area contributed by atoms with Crippen LogP contribution in [0, 0.1) is 0 Å². The van der Waals surface area contributed by atoms with E-state index in [0.29, 0.717) is 32.1 Å². The summed E-state index contributed by atoms with van der Waals surface area (Å²) in [4.78, 5) is 72.9. The zero-order chi connectivity index (χ0) is 71.8. The molecule has 0 saturated heterocycles. The van der Waals surface area contributed by atoms with Crippen LogP contribution in [0.15, 0.2) is 48.6 Å². The minimum Gasteiger partial charge on any atom is -0.462 e. The smallest absolute Gasteiger partial charge is 0.462 e. The molecule has 0 bridgehead atoms. The SMILES string of the molecule is CCCCC/C=C\C/C=C\C/C=C\C/C=C\CCCC(=O)OC[C@H](COP(=O)(O)OC[C@H](O)COP(=O)(O)OC[C@@H](COC(=O)CCCCCCCCCCCCCCC)OC(=O)CCCCCCCCCCCCCCC)OC(=O)CCCCCCCCCCCCCCCCC. The van der Waals surface area contributed by atoms with Gasteiger partial charge in [-0.25, -0.2) is 9.13 Å². The summed E-state index contributed by atoms with van der Waals surface area (Å²) < 4.78 is 68.5. The summed E-state index contributed by atoms with van der Waals surface area (Å²) in [5.74, 6) is -2.20. The minimum atomic E-state index is -4.98. The van der Waals surface area contributed by atoms with Crippen molar-refractivity contribution in [3.63, 3.8) is 0 Å². The third-order valence-corrected chi connectivity index (χ3v) is 19.2. The van der Waals surface area contributed by atoms with Crippen molar-refractivity contribution in [2.75, 3.05) is 39.6 Å². The van der Waals surface area contributed by atoms with Gasteiger partial charge in [-0.3, -0.25) is 37.3 Å². The van der Waals surface area contributed by atoms with E-state index in [9.17, 15) is 43.2 Å². The Hall–Kier alpha value is -2.98. The van der Waals surface area contributed by atoms with Crippen LogP contribution in [0.2, 0.25) is 0 Å². The van der Waals surface area contributed by atoms with E-state index >= 15 is 0 Å². The standard InChI is InChI=1S/C79H146O17P2/c1-5-9-13-17-21-25-29-33-35-36-38-41-44-48-52-56-60-64-77(82)90-70-75(96-79(84)66-62-58-54-50-46-42-37-34-30-26-22-18-14-10-6-2)72-94-98(87,88)92-68-73(80)67-91-97(85,86)93-71-74(95-78(83)65-61-57-53-49-45-40-32-28-24-20-16-12-8-4)69-89-76(81)63-59-55-51-47-43-39-31-27-23-19-15-11-7-3/h21,25,33,35,38,41,48,52,73-75,80H,5-20,22-24,26-32,34,36-37,39-40,42-47,49-51,53-72H2,1-4H3,(H,85,86)(H,87,88)/b25-21-,35-33-,41-38-,52-48-/t73-,74-,75-/m1/s1. The van der Waals surface area contributed by atoms with E-state index in [0.717, 1.165) is 96.3 Å². The lowest BCUT2D eigenvalue weighted by Gasteiger charge is -2.21. The van der Waals surface area contributed by atoms with Gasteiger partial charge in [0.25, 0.3) is 0 Å². The maximum absolute atomic E-state index is 13.1. The molecular formula is C79H146O17P2. The highest BCUT2D eigenvalue weighted by Gasteiger charge is 2.30. The number of aliphatic hydroxyl groups is 1. The van der Waals surface area contributed by atoms with Gasteiger partial charge >= 0.3 is 39.5 Å². The van der Waals surface area contributed by atoms with E-state index in [1.807, 2.05) is 12.2 Å². The number of allylic oxidation sites excluding steroid dienone is 8. The van der Waals surface area contributed by atoms with Crippen molar-refractivity contribution in [3.05, 3.63) is 48.6 Å². The Morgan fingerprint density at radius 1 is 0.286 bits per heavy atom. The van der Waals surface area contributed by atoms with Crippen molar-refractivity contribution in [2.45, 2.75) is 393 Å². The Bertz CT molecular complexity index is 2050. The third-order valence-electron chi connectivity index (χ3n) is 17.3. The van der Waals surface area contributed by atoms with E-state index in [-0.39, 0.29) is 25.7 Å². The van der Waals surface area contributed by atoms with Crippen molar-refractivity contribution in [1.82, 2.24) is 0 Å². The zero-order valence-electron chi connectivity index (χ0n) is 62.7. The number of hydrogen-bond acceptors (Lipinski definition) is 15. The highest BCUT2D eigenvalue weighted by molar-refractivity contribution is 7.47. The van der Waals surface area contributed by atoms with Crippen LogP contribution in [0.25, 0.3) is 0 Å². The van der Waals surface area contributed by atoms with Crippen molar-refractivity contribution in [3.8, 4) is 0 Å². The summed E-state index contributed by atoms with van der Waals surface area (Å²) in [5, 5.41) is 10.6. The lowest BCUT2D eigenvalue weighted by Crippen LogP contribution is -2.30. The Balaban J connectivity index is 5.34. The molecule has 17 nitrogen and oxygen atoms in total. The highest BCUT2D eigenvalue weighted by atomic mass is 31.2. The predicted octanol–water partition coefficient (Wildman–Crippen LogP) is 22.9. The second kappa shape index (κ2) is 72.4. The molecule has 0 amide bonds. The quantitative estimate of drug-likeness (QED) is 0.0169. The summed E-state index contributed by atoms with van der Waals surface area (Å²) >= 11 is 0. The molecule has 0 aromatic rings. The van der Waals surface area contributed by atoms with E-state index in [1.165, 1.54) is 193 Å². The molecule has 0 aliphatic heterocycles. The summed E-state index contributed by atoms with van der Waals surface area (Å²) in [6, 6.07) is 0. The number of carbonyl (C=O) groups is 4. The molecule has 98 heavy (non-hydrogen) atoms. The largest absolute Gasteiger partial charge is 0.472 e. The molecule has 0 radical (unpaired) electrons. The molecule has 574 valence electrons. The number of unbranched alkanes of at least 4 members (excludes halogenated alkanes) is 42. The van der Waals surface area contributed by atoms with Gasteiger partial charge in [-0.15, -0.1) is 0 Å². The average molecular weight is 1430 g/mol. The normalized spacial score (nSPS) is 14.2. The maximum atomic E-state index is 13.1. The van der Waals surface area contributed by atoms with Crippen LogP contribution in [0.4, 0.5) is 0 Å². The molecule has 5 atom stereocenters. The summed E-state index contributed by atoms with van der Waals surface area (Å²) in [6.07, 6.45) is 69.5. The Kier molecular flexibility index (Phi) is 70.2. The second-order valence-corrected chi connectivity index (χ2v) is 29.9. The molecule has 0 rings (SSSR count). The molecule has 19 heteroatoms. The van der Waals surface area contributed by atoms with E-state index in [2.05, 4.69) is 64.2 Å². The molecule has 0 aliphatic carbocycles. The molecule has 2 unspecified atom stereocenters. The molecule has 0 heterocycles. The fraction of sp³-hybridized carbons (Fsp3) is 0.848. The van der Waals surface area contributed by atoms with Gasteiger partial charge in [0.05, 0.1) is 26.4 Å². The first-order chi connectivity index (χ1) is 47.7. The monoisotopic (exact) mass is 1430 g/mol.